The van der Waals surface area contributed by atoms with Crippen LogP contribution in [0.1, 0.15) is 66.0 Å². The molecule has 35 heavy (non-hydrogen) atoms. The van der Waals surface area contributed by atoms with Crippen molar-refractivity contribution in [2.75, 3.05) is 39.3 Å². The first-order valence-corrected chi connectivity index (χ1v) is 13.5. The van der Waals surface area contributed by atoms with Crippen LogP contribution < -0.4 is 9.47 Å². The Balaban J connectivity index is 0.000000196. The molecule has 0 atom stereocenters. The van der Waals surface area contributed by atoms with E-state index in [1.165, 1.54) is 56.8 Å². The Morgan fingerprint density at radius 2 is 1.06 bits per heavy atom. The Kier molecular flexibility index (Phi) is 9.66. The second-order valence-corrected chi connectivity index (χ2v) is 12.3. The third-order valence-electron chi connectivity index (χ3n) is 6.22. The molecule has 0 spiro atoms. The highest BCUT2D eigenvalue weighted by atomic mass is 16.5. The minimum atomic E-state index is -0.116. The maximum atomic E-state index is 5.82. The molecule has 0 amide bonds. The van der Waals surface area contributed by atoms with Crippen LogP contribution in [0.15, 0.2) is 48.5 Å². The Morgan fingerprint density at radius 3 is 1.37 bits per heavy atom. The number of likely N-dealkylation sites (tertiary alicyclic amines) is 2. The van der Waals surface area contributed by atoms with E-state index in [9.17, 15) is 0 Å². The molecule has 0 unspecified atom stereocenters. The number of hydrogen-bond acceptors (Lipinski definition) is 4. The standard InChI is InChI=1S/C16H25NO.C15H23NO/c1-13-11-17(12-13)10-9-14-5-7-15(8-6-14)18-16(2,3)4;1-15(2,3)17-14-7-5-13(6-8-14)9-12-16-10-4-11-16/h5-8,13H,9-12H2,1-4H3;5-8H,4,9-12H2,1-3H3. The summed E-state index contributed by atoms with van der Waals surface area (Å²) in [7, 11) is 0. The Labute approximate surface area is 214 Å². The molecule has 0 saturated carbocycles. The molecule has 2 fully saturated rings. The number of hydrogen-bond donors (Lipinski definition) is 0. The van der Waals surface area contributed by atoms with E-state index in [-0.39, 0.29) is 11.2 Å². The molecule has 0 N–H and O–H groups in total. The third kappa shape index (κ3) is 10.6. The van der Waals surface area contributed by atoms with Crippen molar-refractivity contribution in [1.29, 1.82) is 0 Å². The predicted molar refractivity (Wildman–Crippen MR) is 148 cm³/mol. The molecular weight excluding hydrogens is 432 g/mol. The number of benzene rings is 2. The van der Waals surface area contributed by atoms with Gasteiger partial charge in [-0.1, -0.05) is 31.2 Å². The normalized spacial score (nSPS) is 17.1. The molecule has 2 aliphatic rings. The van der Waals surface area contributed by atoms with Crippen LogP contribution in [0.5, 0.6) is 11.5 Å². The van der Waals surface area contributed by atoms with Gasteiger partial charge in [0.1, 0.15) is 22.7 Å². The van der Waals surface area contributed by atoms with Gasteiger partial charge in [0.2, 0.25) is 0 Å². The Hall–Kier alpha value is -2.04. The second kappa shape index (κ2) is 12.3. The summed E-state index contributed by atoms with van der Waals surface area (Å²) in [6, 6.07) is 17.1. The summed E-state index contributed by atoms with van der Waals surface area (Å²) >= 11 is 0. The Bertz CT molecular complexity index is 868. The van der Waals surface area contributed by atoms with E-state index in [4.69, 9.17) is 9.47 Å². The number of nitrogens with zero attached hydrogens (tertiary/aromatic N) is 2. The van der Waals surface area contributed by atoms with Crippen molar-refractivity contribution in [3.63, 3.8) is 0 Å². The van der Waals surface area contributed by atoms with Gasteiger partial charge in [0.15, 0.2) is 0 Å². The Morgan fingerprint density at radius 1 is 0.657 bits per heavy atom. The smallest absolute Gasteiger partial charge is 0.120 e. The summed E-state index contributed by atoms with van der Waals surface area (Å²) in [5.41, 5.74) is 2.57. The monoisotopic (exact) mass is 480 g/mol. The van der Waals surface area contributed by atoms with E-state index in [2.05, 4.69) is 107 Å². The fourth-order valence-corrected chi connectivity index (χ4v) is 4.35. The summed E-state index contributed by atoms with van der Waals surface area (Å²) < 4.78 is 11.6. The molecule has 194 valence electrons. The zero-order valence-electron chi connectivity index (χ0n) is 23.3. The van der Waals surface area contributed by atoms with Gasteiger partial charge in [-0.2, -0.15) is 0 Å². The van der Waals surface area contributed by atoms with E-state index in [1.807, 2.05) is 0 Å². The molecule has 0 aromatic heterocycles. The van der Waals surface area contributed by atoms with Crippen molar-refractivity contribution < 1.29 is 9.47 Å². The highest BCUT2D eigenvalue weighted by Gasteiger charge is 2.21. The minimum Gasteiger partial charge on any atom is -0.488 e. The molecular formula is C31H48N2O2. The average molecular weight is 481 g/mol. The van der Waals surface area contributed by atoms with Crippen LogP contribution in [0.4, 0.5) is 0 Å². The molecule has 2 saturated heterocycles. The first-order valence-electron chi connectivity index (χ1n) is 13.5. The second-order valence-electron chi connectivity index (χ2n) is 12.3. The minimum absolute atomic E-state index is 0.112. The summed E-state index contributed by atoms with van der Waals surface area (Å²) in [6.45, 7) is 22.2. The van der Waals surface area contributed by atoms with E-state index >= 15 is 0 Å². The predicted octanol–water partition coefficient (Wildman–Crippen LogP) is 6.47. The van der Waals surface area contributed by atoms with Crippen LogP contribution in [0, 0.1) is 5.92 Å². The van der Waals surface area contributed by atoms with Gasteiger partial charge in [0.05, 0.1) is 0 Å². The topological polar surface area (TPSA) is 24.9 Å². The molecule has 2 aliphatic heterocycles. The van der Waals surface area contributed by atoms with Crippen molar-refractivity contribution in [2.24, 2.45) is 5.92 Å². The molecule has 4 heteroatoms. The van der Waals surface area contributed by atoms with Crippen LogP contribution in [-0.4, -0.2) is 60.3 Å². The number of rotatable bonds is 8. The molecule has 2 aromatic carbocycles. The summed E-state index contributed by atoms with van der Waals surface area (Å²) in [5.74, 6) is 2.82. The molecule has 0 aliphatic carbocycles. The quantitative estimate of drug-likeness (QED) is 0.432. The summed E-state index contributed by atoms with van der Waals surface area (Å²) in [6.07, 6.45) is 3.66. The zero-order valence-corrected chi connectivity index (χ0v) is 23.3. The highest BCUT2D eigenvalue weighted by Crippen LogP contribution is 2.21. The lowest BCUT2D eigenvalue weighted by atomic mass is 10.0. The van der Waals surface area contributed by atoms with Gasteiger partial charge < -0.3 is 19.3 Å². The molecule has 0 bridgehead atoms. The maximum Gasteiger partial charge on any atom is 0.120 e. The van der Waals surface area contributed by atoms with Crippen molar-refractivity contribution >= 4 is 0 Å². The summed E-state index contributed by atoms with van der Waals surface area (Å²) in [4.78, 5) is 5.02. The first-order chi connectivity index (χ1) is 16.4. The van der Waals surface area contributed by atoms with E-state index < -0.39 is 0 Å². The zero-order chi connectivity index (χ0) is 25.5. The molecule has 0 radical (unpaired) electrons. The lowest BCUT2D eigenvalue weighted by Gasteiger charge is -2.37. The van der Waals surface area contributed by atoms with Crippen molar-refractivity contribution in [3.8, 4) is 11.5 Å². The summed E-state index contributed by atoms with van der Waals surface area (Å²) in [5, 5.41) is 0. The third-order valence-corrected chi connectivity index (χ3v) is 6.22. The largest absolute Gasteiger partial charge is 0.488 e. The van der Waals surface area contributed by atoms with Gasteiger partial charge in [-0.15, -0.1) is 0 Å². The van der Waals surface area contributed by atoms with Gasteiger partial charge in [-0.25, -0.2) is 0 Å². The van der Waals surface area contributed by atoms with E-state index in [0.717, 1.165) is 30.3 Å². The lowest BCUT2D eigenvalue weighted by molar-refractivity contribution is 0.115. The van der Waals surface area contributed by atoms with Crippen LogP contribution in [-0.2, 0) is 12.8 Å². The lowest BCUT2D eigenvalue weighted by Crippen LogP contribution is -2.45. The van der Waals surface area contributed by atoms with E-state index in [0.29, 0.717) is 0 Å². The number of ether oxygens (including phenoxy) is 2. The highest BCUT2D eigenvalue weighted by molar-refractivity contribution is 5.28. The van der Waals surface area contributed by atoms with Gasteiger partial charge in [-0.05, 0) is 115 Å². The van der Waals surface area contributed by atoms with Gasteiger partial charge >= 0.3 is 0 Å². The SMILES string of the molecule is CC(C)(C)Oc1ccc(CCN2CCC2)cc1.CC1CN(CCc2ccc(OC(C)(C)C)cc2)C1. The van der Waals surface area contributed by atoms with Gasteiger partial charge in [0.25, 0.3) is 0 Å². The van der Waals surface area contributed by atoms with Crippen molar-refractivity contribution in [1.82, 2.24) is 9.80 Å². The fourth-order valence-electron chi connectivity index (χ4n) is 4.35. The van der Waals surface area contributed by atoms with Crippen LogP contribution in [0.2, 0.25) is 0 Å². The van der Waals surface area contributed by atoms with E-state index in [1.54, 1.807) is 0 Å². The van der Waals surface area contributed by atoms with Crippen LogP contribution >= 0.6 is 0 Å². The fraction of sp³-hybridized carbons (Fsp3) is 0.613. The van der Waals surface area contributed by atoms with Gasteiger partial charge in [0, 0.05) is 26.2 Å². The average Bonchev–Trinajstić information content (AvgIpc) is 2.70. The van der Waals surface area contributed by atoms with Crippen LogP contribution in [0.25, 0.3) is 0 Å². The molecule has 2 heterocycles. The van der Waals surface area contributed by atoms with Gasteiger partial charge in [-0.3, -0.25) is 0 Å². The molecule has 4 nitrogen and oxygen atoms in total. The van der Waals surface area contributed by atoms with Crippen molar-refractivity contribution in [2.45, 2.75) is 78.9 Å². The van der Waals surface area contributed by atoms with Crippen LogP contribution in [0.3, 0.4) is 0 Å². The molecule has 2 aromatic rings. The first kappa shape index (κ1) is 27.5. The van der Waals surface area contributed by atoms with Crippen molar-refractivity contribution in [3.05, 3.63) is 59.7 Å². The molecule has 4 rings (SSSR count). The maximum absolute atomic E-state index is 5.82.